The molecule has 9 heteroatoms. The lowest BCUT2D eigenvalue weighted by molar-refractivity contribution is -0.137. The SMILES string of the molecule is CC.N#Cc1ccc2c(c1)c1cc(C#N)ccc1n2-c1cc(-c2nc(-c3ccccc3)nc(-c3ccccc3)n2)ccc1-c1cccc(C(F)(F)F)c1. The van der Waals surface area contributed by atoms with Crippen molar-refractivity contribution in [1.29, 1.82) is 10.5 Å². The molecule has 2 heterocycles. The zero-order chi connectivity index (χ0) is 37.1. The van der Waals surface area contributed by atoms with Gasteiger partial charge in [0.25, 0.3) is 0 Å². The van der Waals surface area contributed by atoms with Crippen LogP contribution in [0.3, 0.4) is 0 Å². The van der Waals surface area contributed by atoms with Gasteiger partial charge in [0.1, 0.15) is 0 Å². The van der Waals surface area contributed by atoms with Gasteiger partial charge in [-0.05, 0) is 60.2 Å². The van der Waals surface area contributed by atoms with Crippen molar-refractivity contribution in [3.8, 4) is 63.1 Å². The molecule has 0 spiro atoms. The van der Waals surface area contributed by atoms with Gasteiger partial charge >= 0.3 is 6.18 Å². The zero-order valence-corrected chi connectivity index (χ0v) is 28.6. The Balaban J connectivity index is 0.00000214. The highest BCUT2D eigenvalue weighted by Crippen LogP contribution is 2.40. The number of nitriles is 2. The third kappa shape index (κ3) is 6.60. The maximum Gasteiger partial charge on any atom is 0.416 e. The number of nitrogens with zero attached hydrogens (tertiary/aromatic N) is 6. The summed E-state index contributed by atoms with van der Waals surface area (Å²) in [6.07, 6.45) is -4.54. The fraction of sp³-hybridized carbons (Fsp3) is 0.0682. The lowest BCUT2D eigenvalue weighted by Crippen LogP contribution is -2.05. The van der Waals surface area contributed by atoms with Gasteiger partial charge < -0.3 is 4.57 Å². The molecule has 0 unspecified atom stereocenters. The fourth-order valence-corrected chi connectivity index (χ4v) is 6.32. The number of halogens is 3. The second kappa shape index (κ2) is 14.3. The molecule has 0 bridgehead atoms. The summed E-state index contributed by atoms with van der Waals surface area (Å²) < 4.78 is 43.9. The number of aromatic nitrogens is 4. The van der Waals surface area contributed by atoms with Crippen LogP contribution < -0.4 is 0 Å². The summed E-state index contributed by atoms with van der Waals surface area (Å²) >= 11 is 0. The van der Waals surface area contributed by atoms with Gasteiger partial charge in [-0.15, -0.1) is 0 Å². The van der Waals surface area contributed by atoms with Crippen molar-refractivity contribution in [2.75, 3.05) is 0 Å². The standard InChI is InChI=1S/C42H23F3N6.C2H6/c43-42(44,45)32-13-7-12-30(22-32)33-17-16-31(41-49-39(28-8-3-1-4-9-28)48-40(50-41)29-10-5-2-6-11-29)23-38(33)51-36-18-14-26(24-46)20-34(36)35-21-27(25-47)15-19-37(35)51;1-2/h1-23H;1-2H3. The molecule has 256 valence electrons. The molecule has 53 heavy (non-hydrogen) atoms. The van der Waals surface area contributed by atoms with Crippen molar-refractivity contribution in [1.82, 2.24) is 19.5 Å². The topological polar surface area (TPSA) is 91.2 Å². The van der Waals surface area contributed by atoms with Gasteiger partial charge in [-0.3, -0.25) is 0 Å². The Kier molecular flexibility index (Phi) is 9.24. The number of hydrogen-bond donors (Lipinski definition) is 0. The number of benzene rings is 6. The largest absolute Gasteiger partial charge is 0.416 e. The normalized spacial score (nSPS) is 11.1. The van der Waals surface area contributed by atoms with E-state index in [-0.39, 0.29) is 0 Å². The summed E-state index contributed by atoms with van der Waals surface area (Å²) in [6, 6.07) is 44.7. The van der Waals surface area contributed by atoms with Crippen molar-refractivity contribution in [2.45, 2.75) is 20.0 Å². The van der Waals surface area contributed by atoms with Gasteiger partial charge in [0.05, 0.1) is 45.5 Å². The first-order valence-electron chi connectivity index (χ1n) is 16.9. The second-order valence-corrected chi connectivity index (χ2v) is 11.9. The van der Waals surface area contributed by atoms with E-state index in [4.69, 9.17) is 15.0 Å². The van der Waals surface area contributed by atoms with E-state index < -0.39 is 11.7 Å². The molecular formula is C44H29F3N6. The molecule has 8 rings (SSSR count). The molecule has 8 aromatic rings. The van der Waals surface area contributed by atoms with Gasteiger partial charge in [-0.1, -0.05) is 98.8 Å². The molecule has 0 N–H and O–H groups in total. The third-order valence-corrected chi connectivity index (χ3v) is 8.72. The van der Waals surface area contributed by atoms with Gasteiger partial charge in [-0.25, -0.2) is 15.0 Å². The van der Waals surface area contributed by atoms with Crippen molar-refractivity contribution < 1.29 is 13.2 Å². The molecule has 0 atom stereocenters. The van der Waals surface area contributed by atoms with Crippen molar-refractivity contribution in [2.24, 2.45) is 0 Å². The van der Waals surface area contributed by atoms with E-state index in [2.05, 4.69) is 12.1 Å². The average Bonchev–Trinajstić information content (AvgIpc) is 3.54. The van der Waals surface area contributed by atoms with E-state index in [1.807, 2.05) is 97.3 Å². The lowest BCUT2D eigenvalue weighted by Gasteiger charge is -2.17. The Morgan fingerprint density at radius 2 is 1.00 bits per heavy atom. The van der Waals surface area contributed by atoms with Crippen molar-refractivity contribution in [3.63, 3.8) is 0 Å². The maximum absolute atomic E-state index is 14.0. The quantitative estimate of drug-likeness (QED) is 0.178. The smallest absolute Gasteiger partial charge is 0.309 e. The van der Waals surface area contributed by atoms with Crippen LogP contribution in [0.25, 0.3) is 72.8 Å². The summed E-state index contributed by atoms with van der Waals surface area (Å²) in [5, 5.41) is 20.9. The summed E-state index contributed by atoms with van der Waals surface area (Å²) in [4.78, 5) is 14.6. The summed E-state index contributed by atoms with van der Waals surface area (Å²) in [6.45, 7) is 4.00. The molecule has 6 aromatic carbocycles. The Hall–Kier alpha value is -7.10. The predicted molar refractivity (Wildman–Crippen MR) is 202 cm³/mol. The third-order valence-electron chi connectivity index (χ3n) is 8.72. The monoisotopic (exact) mass is 698 g/mol. The van der Waals surface area contributed by atoms with Crippen molar-refractivity contribution in [3.05, 3.63) is 156 Å². The van der Waals surface area contributed by atoms with Gasteiger partial charge in [0.15, 0.2) is 17.5 Å². The highest BCUT2D eigenvalue weighted by atomic mass is 19.4. The van der Waals surface area contributed by atoms with Crippen LogP contribution in [0.5, 0.6) is 0 Å². The van der Waals surface area contributed by atoms with Crippen LogP contribution >= 0.6 is 0 Å². The second-order valence-electron chi connectivity index (χ2n) is 11.9. The van der Waals surface area contributed by atoms with Crippen LogP contribution in [0.2, 0.25) is 0 Å². The number of rotatable bonds is 5. The van der Waals surface area contributed by atoms with Gasteiger partial charge in [0, 0.05) is 33.0 Å². The lowest BCUT2D eigenvalue weighted by atomic mass is 9.98. The van der Waals surface area contributed by atoms with E-state index in [1.165, 1.54) is 6.07 Å². The molecule has 0 fully saturated rings. The molecule has 0 saturated heterocycles. The Morgan fingerprint density at radius 1 is 0.509 bits per heavy atom. The molecule has 6 nitrogen and oxygen atoms in total. The highest BCUT2D eigenvalue weighted by molar-refractivity contribution is 6.10. The van der Waals surface area contributed by atoms with E-state index in [0.29, 0.717) is 62.0 Å². The van der Waals surface area contributed by atoms with Crippen LogP contribution in [0.4, 0.5) is 13.2 Å². The molecule has 0 saturated carbocycles. The first kappa shape index (κ1) is 34.4. The van der Waals surface area contributed by atoms with E-state index in [1.54, 1.807) is 42.5 Å². The summed E-state index contributed by atoms with van der Waals surface area (Å²) in [5.41, 5.74) is 5.14. The molecule has 0 amide bonds. The Bertz CT molecular complexity index is 2580. The van der Waals surface area contributed by atoms with Crippen LogP contribution in [-0.2, 0) is 6.18 Å². The minimum Gasteiger partial charge on any atom is -0.309 e. The van der Waals surface area contributed by atoms with Crippen LogP contribution in [0, 0.1) is 22.7 Å². The Morgan fingerprint density at radius 3 is 1.49 bits per heavy atom. The molecular weight excluding hydrogens is 670 g/mol. The maximum atomic E-state index is 14.0. The summed E-state index contributed by atoms with van der Waals surface area (Å²) in [7, 11) is 0. The van der Waals surface area contributed by atoms with Crippen LogP contribution in [-0.4, -0.2) is 19.5 Å². The molecule has 0 radical (unpaired) electrons. The number of fused-ring (bicyclic) bond motifs is 3. The molecule has 2 aromatic heterocycles. The van der Waals surface area contributed by atoms with E-state index in [9.17, 15) is 23.7 Å². The van der Waals surface area contributed by atoms with Gasteiger partial charge in [-0.2, -0.15) is 23.7 Å². The minimum atomic E-state index is -4.54. The van der Waals surface area contributed by atoms with Crippen LogP contribution in [0.1, 0.15) is 30.5 Å². The first-order valence-corrected chi connectivity index (χ1v) is 16.9. The fourth-order valence-electron chi connectivity index (χ4n) is 6.32. The van der Waals surface area contributed by atoms with Gasteiger partial charge in [0.2, 0.25) is 0 Å². The molecule has 0 aliphatic heterocycles. The molecule has 0 aliphatic rings. The summed E-state index contributed by atoms with van der Waals surface area (Å²) in [5.74, 6) is 1.31. The number of alkyl halides is 3. The van der Waals surface area contributed by atoms with Crippen molar-refractivity contribution >= 4 is 21.8 Å². The van der Waals surface area contributed by atoms with Crippen LogP contribution in [0.15, 0.2) is 140 Å². The highest BCUT2D eigenvalue weighted by Gasteiger charge is 2.31. The average molecular weight is 699 g/mol. The van der Waals surface area contributed by atoms with E-state index in [0.717, 1.165) is 34.0 Å². The molecule has 0 aliphatic carbocycles. The predicted octanol–water partition coefficient (Wildman–Crippen LogP) is 11.4. The minimum absolute atomic E-state index is 0.356. The Labute approximate surface area is 303 Å². The zero-order valence-electron chi connectivity index (χ0n) is 28.6. The number of hydrogen-bond acceptors (Lipinski definition) is 5. The first-order chi connectivity index (χ1) is 25.8. The van der Waals surface area contributed by atoms with E-state index >= 15 is 0 Å².